The van der Waals surface area contributed by atoms with Crippen molar-refractivity contribution >= 4 is 23.6 Å². The minimum absolute atomic E-state index is 0.0867. The first-order valence-electron chi connectivity index (χ1n) is 6.55. The summed E-state index contributed by atoms with van der Waals surface area (Å²) in [6, 6.07) is 7.53. The molecule has 0 radical (unpaired) electrons. The van der Waals surface area contributed by atoms with E-state index in [1.54, 1.807) is 23.6 Å². The molecule has 20 heavy (non-hydrogen) atoms. The van der Waals surface area contributed by atoms with Crippen LogP contribution >= 0.6 is 11.8 Å². The number of nitrogens with one attached hydrogen (secondary N) is 1. The molecule has 1 fully saturated rings. The molecule has 2 rings (SSSR count). The highest BCUT2D eigenvalue weighted by Gasteiger charge is 2.20. The van der Waals surface area contributed by atoms with Crippen molar-refractivity contribution < 1.29 is 9.59 Å². The van der Waals surface area contributed by atoms with Crippen molar-refractivity contribution in [3.63, 3.8) is 0 Å². The van der Waals surface area contributed by atoms with Crippen molar-refractivity contribution in [2.24, 2.45) is 0 Å². The maximum atomic E-state index is 12.1. The van der Waals surface area contributed by atoms with E-state index in [2.05, 4.69) is 5.43 Å². The maximum Gasteiger partial charge on any atom is 0.265 e. The van der Waals surface area contributed by atoms with E-state index in [0.717, 1.165) is 4.90 Å². The van der Waals surface area contributed by atoms with Crippen LogP contribution in [0.3, 0.4) is 0 Å². The summed E-state index contributed by atoms with van der Waals surface area (Å²) in [6.07, 6.45) is 2.00. The summed E-state index contributed by atoms with van der Waals surface area (Å²) in [5.41, 5.74) is 3.53. The average molecular weight is 293 g/mol. The number of amides is 2. The molecule has 0 aromatic heterocycles. The van der Waals surface area contributed by atoms with E-state index in [9.17, 15) is 9.59 Å². The average Bonchev–Trinajstić information content (AvgIpc) is 2.48. The maximum absolute atomic E-state index is 12.1. The van der Waals surface area contributed by atoms with Gasteiger partial charge in [0, 0.05) is 43.6 Å². The molecule has 6 heteroatoms. The smallest absolute Gasteiger partial charge is 0.265 e. The Hall–Kier alpha value is -1.53. The van der Waals surface area contributed by atoms with Crippen LogP contribution in [0, 0.1) is 0 Å². The molecule has 1 aliphatic rings. The Morgan fingerprint density at radius 2 is 1.70 bits per heavy atom. The van der Waals surface area contributed by atoms with Crippen molar-refractivity contribution in [1.29, 1.82) is 0 Å². The number of carbonyl (C=O) groups is 2. The van der Waals surface area contributed by atoms with Crippen LogP contribution in [-0.4, -0.2) is 54.2 Å². The van der Waals surface area contributed by atoms with E-state index in [1.165, 1.54) is 0 Å². The van der Waals surface area contributed by atoms with Gasteiger partial charge in [-0.1, -0.05) is 0 Å². The normalized spacial score (nSPS) is 16.0. The summed E-state index contributed by atoms with van der Waals surface area (Å²) in [5.74, 6) is -0.0161. The molecule has 1 aromatic carbocycles. The molecular formula is C14H19N3O2S. The van der Waals surface area contributed by atoms with Crippen LogP contribution in [0.5, 0.6) is 0 Å². The summed E-state index contributed by atoms with van der Waals surface area (Å²) >= 11 is 1.65. The largest absolute Gasteiger partial charge is 0.340 e. The van der Waals surface area contributed by atoms with Gasteiger partial charge >= 0.3 is 0 Å². The first-order valence-corrected chi connectivity index (χ1v) is 7.78. The van der Waals surface area contributed by atoms with E-state index >= 15 is 0 Å². The molecule has 0 spiro atoms. The molecule has 0 saturated carbocycles. The zero-order chi connectivity index (χ0) is 14.5. The summed E-state index contributed by atoms with van der Waals surface area (Å²) in [6.45, 7) is 4.20. The van der Waals surface area contributed by atoms with Crippen LogP contribution < -0.4 is 5.43 Å². The van der Waals surface area contributed by atoms with Crippen molar-refractivity contribution in [3.8, 4) is 0 Å². The number of hydrogen-bond donors (Lipinski definition) is 1. The van der Waals surface area contributed by atoms with Gasteiger partial charge in [0.1, 0.15) is 0 Å². The fourth-order valence-corrected chi connectivity index (χ4v) is 2.49. The summed E-state index contributed by atoms with van der Waals surface area (Å²) in [7, 11) is 0. The van der Waals surface area contributed by atoms with Gasteiger partial charge in [-0.05, 0) is 30.5 Å². The molecule has 2 amide bonds. The third-order valence-corrected chi connectivity index (χ3v) is 4.08. The highest BCUT2D eigenvalue weighted by molar-refractivity contribution is 7.98. The second kappa shape index (κ2) is 6.76. The van der Waals surface area contributed by atoms with Crippen LogP contribution in [0.25, 0.3) is 0 Å². The Morgan fingerprint density at radius 1 is 1.10 bits per heavy atom. The monoisotopic (exact) mass is 293 g/mol. The van der Waals surface area contributed by atoms with Crippen LogP contribution in [0.15, 0.2) is 29.2 Å². The van der Waals surface area contributed by atoms with Gasteiger partial charge in [-0.15, -0.1) is 11.8 Å². The van der Waals surface area contributed by atoms with Gasteiger partial charge in [0.25, 0.3) is 5.91 Å². The van der Waals surface area contributed by atoms with Gasteiger partial charge in [0.2, 0.25) is 5.91 Å². The molecule has 1 aromatic rings. The molecule has 5 nitrogen and oxygen atoms in total. The first-order chi connectivity index (χ1) is 9.60. The number of piperazine rings is 1. The molecule has 1 N–H and O–H groups in total. The van der Waals surface area contributed by atoms with E-state index in [4.69, 9.17) is 0 Å². The number of hydrazine groups is 1. The van der Waals surface area contributed by atoms with E-state index in [-0.39, 0.29) is 11.8 Å². The third-order valence-electron chi connectivity index (χ3n) is 3.34. The molecule has 0 unspecified atom stereocenters. The lowest BCUT2D eigenvalue weighted by Crippen LogP contribution is -2.54. The Balaban J connectivity index is 1.87. The Morgan fingerprint density at radius 3 is 2.20 bits per heavy atom. The van der Waals surface area contributed by atoms with Crippen molar-refractivity contribution in [2.45, 2.75) is 11.8 Å². The quantitative estimate of drug-likeness (QED) is 0.851. The van der Waals surface area contributed by atoms with Gasteiger partial charge in [-0.3, -0.25) is 15.0 Å². The van der Waals surface area contributed by atoms with Crippen molar-refractivity contribution in [1.82, 2.24) is 15.3 Å². The highest BCUT2D eigenvalue weighted by Crippen LogP contribution is 2.14. The summed E-state index contributed by atoms with van der Waals surface area (Å²) in [4.78, 5) is 26.2. The SMILES string of the molecule is CSc1ccc(C(=O)NN2CCN(C(C)=O)CC2)cc1. The van der Waals surface area contributed by atoms with Gasteiger partial charge in [-0.2, -0.15) is 0 Å². The number of hydrogen-bond acceptors (Lipinski definition) is 4. The molecule has 0 aliphatic carbocycles. The van der Waals surface area contributed by atoms with Crippen LogP contribution in [0.2, 0.25) is 0 Å². The fourth-order valence-electron chi connectivity index (χ4n) is 2.08. The number of rotatable bonds is 3. The van der Waals surface area contributed by atoms with Crippen molar-refractivity contribution in [3.05, 3.63) is 29.8 Å². The molecule has 1 saturated heterocycles. The summed E-state index contributed by atoms with van der Waals surface area (Å²) in [5, 5.41) is 1.87. The van der Waals surface area contributed by atoms with Gasteiger partial charge in [0.15, 0.2) is 0 Å². The zero-order valence-corrected chi connectivity index (χ0v) is 12.6. The Labute approximate surface area is 123 Å². The second-order valence-corrected chi connectivity index (χ2v) is 5.54. The van der Waals surface area contributed by atoms with Gasteiger partial charge < -0.3 is 4.90 Å². The van der Waals surface area contributed by atoms with E-state index in [0.29, 0.717) is 31.7 Å². The van der Waals surface area contributed by atoms with E-state index < -0.39 is 0 Å². The lowest BCUT2D eigenvalue weighted by Gasteiger charge is -2.34. The van der Waals surface area contributed by atoms with E-state index in [1.807, 2.05) is 35.5 Å². The zero-order valence-electron chi connectivity index (χ0n) is 11.8. The Bertz CT molecular complexity index is 482. The number of carbonyl (C=O) groups excluding carboxylic acids is 2. The lowest BCUT2D eigenvalue weighted by molar-refractivity contribution is -0.130. The highest BCUT2D eigenvalue weighted by atomic mass is 32.2. The topological polar surface area (TPSA) is 52.7 Å². The second-order valence-electron chi connectivity index (χ2n) is 4.66. The predicted octanol–water partition coefficient (Wildman–Crippen LogP) is 1.22. The first kappa shape index (κ1) is 14.9. The molecule has 108 valence electrons. The minimum atomic E-state index is -0.103. The molecule has 0 atom stereocenters. The summed E-state index contributed by atoms with van der Waals surface area (Å²) < 4.78 is 0. The molecule has 1 heterocycles. The minimum Gasteiger partial charge on any atom is -0.340 e. The number of nitrogens with zero attached hydrogens (tertiary/aromatic N) is 2. The van der Waals surface area contributed by atoms with Gasteiger partial charge in [0.05, 0.1) is 0 Å². The standard InChI is InChI=1S/C14H19N3O2S/c1-11(18)16-7-9-17(10-8-16)15-14(19)12-3-5-13(20-2)6-4-12/h3-6H,7-10H2,1-2H3,(H,15,19). The van der Waals surface area contributed by atoms with Gasteiger partial charge in [-0.25, -0.2) is 5.01 Å². The fraction of sp³-hybridized carbons (Fsp3) is 0.429. The van der Waals surface area contributed by atoms with Crippen LogP contribution in [0.1, 0.15) is 17.3 Å². The predicted molar refractivity (Wildman–Crippen MR) is 79.5 cm³/mol. The molecule has 0 bridgehead atoms. The lowest BCUT2D eigenvalue weighted by atomic mass is 10.2. The molecular weight excluding hydrogens is 274 g/mol. The number of benzene rings is 1. The van der Waals surface area contributed by atoms with Crippen LogP contribution in [0.4, 0.5) is 0 Å². The third kappa shape index (κ3) is 3.74. The molecule has 1 aliphatic heterocycles. The Kier molecular flexibility index (Phi) is 5.03. The van der Waals surface area contributed by atoms with Crippen LogP contribution in [-0.2, 0) is 4.79 Å². The van der Waals surface area contributed by atoms with Crippen molar-refractivity contribution in [2.75, 3.05) is 32.4 Å². The number of thioether (sulfide) groups is 1.